The molecule has 2 aromatic heterocycles. The molecule has 0 aliphatic heterocycles. The van der Waals surface area contributed by atoms with Gasteiger partial charge in [-0.2, -0.15) is 5.26 Å². The van der Waals surface area contributed by atoms with Crippen molar-refractivity contribution in [3.05, 3.63) is 61.6 Å². The molecule has 2 heterocycles. The van der Waals surface area contributed by atoms with Crippen LogP contribution in [0.25, 0.3) is 11.0 Å². The largest absolute Gasteiger partial charge is 0.494 e. The number of nitriles is 1. The van der Waals surface area contributed by atoms with Crippen LogP contribution in [0.2, 0.25) is 0 Å². The Hall–Kier alpha value is -3.33. The first-order chi connectivity index (χ1) is 13.2. The predicted octanol–water partition coefficient (Wildman–Crippen LogP) is 4.05. The van der Waals surface area contributed by atoms with E-state index in [9.17, 15) is 20.0 Å². The summed E-state index contributed by atoms with van der Waals surface area (Å²) >= 11 is 0. The minimum atomic E-state index is -0.594. The highest BCUT2D eigenvalue weighted by Crippen LogP contribution is 2.33. The second-order valence-electron chi connectivity index (χ2n) is 7.11. The molecule has 0 unspecified atom stereocenters. The van der Waals surface area contributed by atoms with Crippen molar-refractivity contribution in [3.63, 3.8) is 0 Å². The van der Waals surface area contributed by atoms with E-state index in [1.165, 1.54) is 6.92 Å². The van der Waals surface area contributed by atoms with Gasteiger partial charge < -0.3 is 9.52 Å². The zero-order valence-electron chi connectivity index (χ0n) is 16.6. The number of aryl methyl sites for hydroxylation is 3. The molecule has 6 heteroatoms. The standard InChI is InChI=1S/C22H22N2O4/c1-6-7-24-21(26)15(10-23)13(4)18(22(24)27)19(25)20-14(5)17-12(3)8-11(2)9-16(17)28-20/h8-9,27H,6-7H2,1-5H3. The highest BCUT2D eigenvalue weighted by Gasteiger charge is 2.28. The number of aromatic hydroxyl groups is 1. The van der Waals surface area contributed by atoms with E-state index in [-0.39, 0.29) is 29.0 Å². The summed E-state index contributed by atoms with van der Waals surface area (Å²) in [4.78, 5) is 25.8. The number of carbonyl (C=O) groups is 1. The van der Waals surface area contributed by atoms with Gasteiger partial charge in [0.25, 0.3) is 5.56 Å². The van der Waals surface area contributed by atoms with Gasteiger partial charge in [-0.05, 0) is 56.9 Å². The van der Waals surface area contributed by atoms with E-state index in [1.807, 2.05) is 39.0 Å². The number of hydrogen-bond donors (Lipinski definition) is 1. The van der Waals surface area contributed by atoms with Crippen molar-refractivity contribution in [1.29, 1.82) is 5.26 Å². The molecule has 3 aromatic rings. The number of ketones is 1. The molecular weight excluding hydrogens is 356 g/mol. The van der Waals surface area contributed by atoms with Gasteiger partial charge in [0.05, 0.1) is 5.56 Å². The van der Waals surface area contributed by atoms with E-state index in [1.54, 1.807) is 6.92 Å². The van der Waals surface area contributed by atoms with Crippen LogP contribution in [0.1, 0.15) is 57.3 Å². The maximum Gasteiger partial charge on any atom is 0.271 e. The zero-order chi connectivity index (χ0) is 20.7. The van der Waals surface area contributed by atoms with Crippen LogP contribution in [0, 0.1) is 39.0 Å². The normalized spacial score (nSPS) is 11.0. The lowest BCUT2D eigenvalue weighted by atomic mass is 9.97. The van der Waals surface area contributed by atoms with Gasteiger partial charge in [-0.15, -0.1) is 0 Å². The molecule has 0 bridgehead atoms. The number of pyridine rings is 1. The van der Waals surface area contributed by atoms with Gasteiger partial charge in [0.2, 0.25) is 11.7 Å². The molecule has 0 radical (unpaired) electrons. The summed E-state index contributed by atoms with van der Waals surface area (Å²) in [5.41, 5.74) is 2.63. The van der Waals surface area contributed by atoms with Gasteiger partial charge in [0, 0.05) is 17.5 Å². The molecule has 1 aromatic carbocycles. The molecule has 0 atom stereocenters. The summed E-state index contributed by atoms with van der Waals surface area (Å²) in [6, 6.07) is 5.74. The Morgan fingerprint density at radius 2 is 1.89 bits per heavy atom. The number of benzene rings is 1. The molecule has 1 N–H and O–H groups in total. The maximum atomic E-state index is 13.3. The molecule has 6 nitrogen and oxygen atoms in total. The van der Waals surface area contributed by atoms with E-state index in [0.717, 1.165) is 21.1 Å². The van der Waals surface area contributed by atoms with Crippen molar-refractivity contribution in [1.82, 2.24) is 4.57 Å². The second-order valence-corrected chi connectivity index (χ2v) is 7.11. The summed E-state index contributed by atoms with van der Waals surface area (Å²) in [5, 5.41) is 21.0. The lowest BCUT2D eigenvalue weighted by Crippen LogP contribution is -2.26. The Morgan fingerprint density at radius 3 is 2.50 bits per heavy atom. The van der Waals surface area contributed by atoms with Crippen molar-refractivity contribution in [2.75, 3.05) is 0 Å². The van der Waals surface area contributed by atoms with Crippen molar-refractivity contribution in [2.24, 2.45) is 0 Å². The molecule has 3 rings (SSSR count). The van der Waals surface area contributed by atoms with Gasteiger partial charge >= 0.3 is 0 Å². The fourth-order valence-electron chi connectivity index (χ4n) is 3.77. The summed E-state index contributed by atoms with van der Waals surface area (Å²) in [7, 11) is 0. The number of aromatic nitrogens is 1. The first kappa shape index (κ1) is 19.4. The smallest absolute Gasteiger partial charge is 0.271 e. The third kappa shape index (κ3) is 2.80. The lowest BCUT2D eigenvalue weighted by Gasteiger charge is -2.14. The Labute approximate surface area is 162 Å². The van der Waals surface area contributed by atoms with Gasteiger partial charge in [-0.3, -0.25) is 14.2 Å². The van der Waals surface area contributed by atoms with Crippen LogP contribution in [-0.4, -0.2) is 15.5 Å². The molecule has 0 aliphatic rings. The van der Waals surface area contributed by atoms with Crippen molar-refractivity contribution in [2.45, 2.75) is 47.6 Å². The summed E-state index contributed by atoms with van der Waals surface area (Å²) < 4.78 is 6.93. The number of rotatable bonds is 4. The van der Waals surface area contributed by atoms with E-state index in [0.29, 0.717) is 17.6 Å². The molecule has 144 valence electrons. The Morgan fingerprint density at radius 1 is 1.21 bits per heavy atom. The number of carbonyl (C=O) groups excluding carboxylic acids is 1. The van der Waals surface area contributed by atoms with Crippen LogP contribution in [0.5, 0.6) is 5.88 Å². The quantitative estimate of drug-likeness (QED) is 0.691. The summed E-state index contributed by atoms with van der Waals surface area (Å²) in [5.74, 6) is -0.865. The number of furan rings is 1. The fourth-order valence-corrected chi connectivity index (χ4v) is 3.77. The molecule has 28 heavy (non-hydrogen) atoms. The third-order valence-electron chi connectivity index (χ3n) is 5.05. The number of fused-ring (bicyclic) bond motifs is 1. The molecule has 0 spiro atoms. The predicted molar refractivity (Wildman–Crippen MR) is 106 cm³/mol. The Kier molecular flexibility index (Phi) is 4.86. The van der Waals surface area contributed by atoms with Crippen molar-refractivity contribution < 1.29 is 14.3 Å². The van der Waals surface area contributed by atoms with Crippen molar-refractivity contribution >= 4 is 16.8 Å². The first-order valence-electron chi connectivity index (χ1n) is 9.14. The zero-order valence-corrected chi connectivity index (χ0v) is 16.6. The monoisotopic (exact) mass is 378 g/mol. The average molecular weight is 378 g/mol. The summed E-state index contributed by atoms with van der Waals surface area (Å²) in [6.07, 6.45) is 0.567. The highest BCUT2D eigenvalue weighted by atomic mass is 16.3. The van der Waals surface area contributed by atoms with Gasteiger partial charge in [0.1, 0.15) is 17.2 Å². The molecule has 0 saturated heterocycles. The third-order valence-corrected chi connectivity index (χ3v) is 5.05. The lowest BCUT2D eigenvalue weighted by molar-refractivity contribution is 0.100. The van der Waals surface area contributed by atoms with Crippen LogP contribution < -0.4 is 5.56 Å². The molecule has 0 fully saturated rings. The number of hydrogen-bond acceptors (Lipinski definition) is 5. The van der Waals surface area contributed by atoms with Crippen LogP contribution in [0.15, 0.2) is 21.3 Å². The van der Waals surface area contributed by atoms with Crippen LogP contribution >= 0.6 is 0 Å². The Bertz CT molecular complexity index is 1220. The second kappa shape index (κ2) is 7.01. The van der Waals surface area contributed by atoms with Gasteiger partial charge in [0.15, 0.2) is 5.76 Å². The maximum absolute atomic E-state index is 13.3. The van der Waals surface area contributed by atoms with E-state index in [2.05, 4.69) is 0 Å². The first-order valence-corrected chi connectivity index (χ1v) is 9.14. The van der Waals surface area contributed by atoms with Crippen LogP contribution in [0.3, 0.4) is 0 Å². The van der Waals surface area contributed by atoms with Crippen LogP contribution in [-0.2, 0) is 6.54 Å². The van der Waals surface area contributed by atoms with Crippen LogP contribution in [0.4, 0.5) is 0 Å². The highest BCUT2D eigenvalue weighted by molar-refractivity contribution is 6.13. The molecular formula is C22H22N2O4. The Balaban J connectivity index is 2.32. The minimum absolute atomic E-state index is 0.0684. The molecule has 0 amide bonds. The number of nitrogens with zero attached hydrogens (tertiary/aromatic N) is 2. The van der Waals surface area contributed by atoms with Crippen molar-refractivity contribution in [3.8, 4) is 11.9 Å². The fraction of sp³-hybridized carbons (Fsp3) is 0.318. The van der Waals surface area contributed by atoms with Gasteiger partial charge in [-0.1, -0.05) is 13.0 Å². The topological polar surface area (TPSA) is 96.2 Å². The van der Waals surface area contributed by atoms with E-state index in [4.69, 9.17) is 4.42 Å². The van der Waals surface area contributed by atoms with Gasteiger partial charge in [-0.25, -0.2) is 0 Å². The minimum Gasteiger partial charge on any atom is -0.494 e. The van der Waals surface area contributed by atoms with E-state index < -0.39 is 17.2 Å². The summed E-state index contributed by atoms with van der Waals surface area (Å²) in [6.45, 7) is 9.23. The SMILES string of the molecule is CCCn1c(O)c(C(=O)c2oc3cc(C)cc(C)c3c2C)c(C)c(C#N)c1=O. The molecule has 0 aliphatic carbocycles. The average Bonchev–Trinajstić information content (AvgIpc) is 2.95. The van der Waals surface area contributed by atoms with E-state index >= 15 is 0 Å². The molecule has 0 saturated carbocycles.